The topological polar surface area (TPSA) is 104 Å². The Morgan fingerprint density at radius 3 is 2.32 bits per heavy atom. The lowest BCUT2D eigenvalue weighted by atomic mass is 10.2. The monoisotopic (exact) mass is 321 g/mol. The summed E-state index contributed by atoms with van der Waals surface area (Å²) >= 11 is 0. The highest BCUT2D eigenvalue weighted by atomic mass is 32.2. The molecule has 0 unspecified atom stereocenters. The smallest absolute Gasteiger partial charge is 0.339 e. The number of benzene rings is 2. The third kappa shape index (κ3) is 3.29. The van der Waals surface area contributed by atoms with Crippen molar-refractivity contribution >= 4 is 22.1 Å². The number of hydrogen-bond donors (Lipinski definition) is 0. The van der Waals surface area contributed by atoms with Crippen molar-refractivity contribution in [3.63, 3.8) is 0 Å². The molecule has 2 aromatic rings. The predicted octanol–water partition coefficient (Wildman–Crippen LogP) is 2.48. The molecule has 2 rings (SSSR count). The third-order valence-electron chi connectivity index (χ3n) is 2.89. The third-order valence-corrected chi connectivity index (χ3v) is 4.13. The van der Waals surface area contributed by atoms with Crippen molar-refractivity contribution < 1.29 is 22.3 Å². The van der Waals surface area contributed by atoms with Crippen molar-refractivity contribution in [2.45, 2.75) is 11.8 Å². The Hall–Kier alpha value is -2.74. The normalized spacial score (nSPS) is 11.0. The molecule has 114 valence electrons. The molecule has 2 aromatic carbocycles. The van der Waals surface area contributed by atoms with Gasteiger partial charge >= 0.3 is 10.1 Å². The molecule has 0 aliphatic carbocycles. The molecule has 0 radical (unpaired) electrons. The van der Waals surface area contributed by atoms with Crippen molar-refractivity contribution in [2.24, 2.45) is 0 Å². The van der Waals surface area contributed by atoms with Crippen LogP contribution >= 0.6 is 0 Å². The maximum Gasteiger partial charge on any atom is 0.339 e. The van der Waals surface area contributed by atoms with Crippen molar-refractivity contribution in [1.82, 2.24) is 0 Å². The van der Waals surface area contributed by atoms with Gasteiger partial charge in [0.1, 0.15) is 16.9 Å². The quantitative estimate of drug-likeness (QED) is 0.363. The first-order valence-electron chi connectivity index (χ1n) is 6.08. The van der Waals surface area contributed by atoms with Gasteiger partial charge in [-0.3, -0.25) is 14.9 Å². The highest BCUT2D eigenvalue weighted by Crippen LogP contribution is 2.24. The first-order valence-corrected chi connectivity index (χ1v) is 7.49. The van der Waals surface area contributed by atoms with E-state index < -0.39 is 15.0 Å². The highest BCUT2D eigenvalue weighted by Gasteiger charge is 2.21. The van der Waals surface area contributed by atoms with Gasteiger partial charge < -0.3 is 4.18 Å². The molecule has 0 saturated heterocycles. The Balaban J connectivity index is 2.35. The first kappa shape index (κ1) is 15.6. The predicted molar refractivity (Wildman–Crippen MR) is 77.5 cm³/mol. The standard InChI is InChI=1S/C14H11NO6S/c1-10-2-7-13(8-14(10)15(17)18)22(19,20)21-12-5-3-11(9-16)4-6-12/h2-9H,1H3. The van der Waals surface area contributed by atoms with Gasteiger partial charge in [0, 0.05) is 17.2 Å². The second-order valence-electron chi connectivity index (χ2n) is 4.43. The summed E-state index contributed by atoms with van der Waals surface area (Å²) in [6, 6.07) is 8.96. The van der Waals surface area contributed by atoms with Gasteiger partial charge in [0.05, 0.1) is 4.92 Å². The molecule has 22 heavy (non-hydrogen) atoms. The molecule has 8 heteroatoms. The van der Waals surface area contributed by atoms with E-state index in [1.165, 1.54) is 43.3 Å². The lowest BCUT2D eigenvalue weighted by Gasteiger charge is -2.07. The fraction of sp³-hybridized carbons (Fsp3) is 0.0714. The molecule has 0 aromatic heterocycles. The van der Waals surface area contributed by atoms with Crippen molar-refractivity contribution in [1.29, 1.82) is 0 Å². The number of carbonyl (C=O) groups is 1. The summed E-state index contributed by atoms with van der Waals surface area (Å²) in [6.07, 6.45) is 0.613. The minimum Gasteiger partial charge on any atom is -0.379 e. The SMILES string of the molecule is Cc1ccc(S(=O)(=O)Oc2ccc(C=O)cc2)cc1[N+](=O)[O-]. The van der Waals surface area contributed by atoms with Crippen molar-refractivity contribution in [3.8, 4) is 5.75 Å². The van der Waals surface area contributed by atoms with Gasteiger partial charge in [-0.25, -0.2) is 0 Å². The maximum absolute atomic E-state index is 12.1. The lowest BCUT2D eigenvalue weighted by Crippen LogP contribution is -2.10. The van der Waals surface area contributed by atoms with E-state index in [1.807, 2.05) is 0 Å². The Labute approximate surface area is 126 Å². The first-order chi connectivity index (χ1) is 10.3. The zero-order valence-electron chi connectivity index (χ0n) is 11.4. The molecule has 0 amide bonds. The van der Waals surface area contributed by atoms with Crippen LogP contribution < -0.4 is 4.18 Å². The summed E-state index contributed by atoms with van der Waals surface area (Å²) < 4.78 is 29.2. The number of hydrogen-bond acceptors (Lipinski definition) is 6. The summed E-state index contributed by atoms with van der Waals surface area (Å²) in [4.78, 5) is 20.4. The minimum atomic E-state index is -4.20. The number of nitrogens with zero attached hydrogens (tertiary/aromatic N) is 1. The van der Waals surface area contributed by atoms with Crippen LogP contribution in [0.4, 0.5) is 5.69 Å². The maximum atomic E-state index is 12.1. The molecule has 0 N–H and O–H groups in total. The van der Waals surface area contributed by atoms with Crippen LogP contribution in [0.5, 0.6) is 5.75 Å². The molecule has 0 spiro atoms. The summed E-state index contributed by atoms with van der Waals surface area (Å²) in [5, 5.41) is 10.9. The van der Waals surface area contributed by atoms with E-state index in [1.54, 1.807) is 0 Å². The Morgan fingerprint density at radius 1 is 1.14 bits per heavy atom. The van der Waals surface area contributed by atoms with Gasteiger partial charge in [0.2, 0.25) is 0 Å². The van der Waals surface area contributed by atoms with E-state index >= 15 is 0 Å². The minimum absolute atomic E-state index is 0.00817. The fourth-order valence-electron chi connectivity index (χ4n) is 1.72. The molecular formula is C14H11NO6S. The number of aryl methyl sites for hydroxylation is 1. The number of rotatable bonds is 5. The summed E-state index contributed by atoms with van der Waals surface area (Å²) in [5.41, 5.74) is 0.413. The van der Waals surface area contributed by atoms with E-state index in [0.717, 1.165) is 6.07 Å². The van der Waals surface area contributed by atoms with E-state index in [0.29, 0.717) is 17.4 Å². The van der Waals surface area contributed by atoms with Gasteiger partial charge in [0.25, 0.3) is 5.69 Å². The van der Waals surface area contributed by atoms with Crippen LogP contribution in [-0.2, 0) is 10.1 Å². The van der Waals surface area contributed by atoms with Crippen LogP contribution in [0.3, 0.4) is 0 Å². The molecule has 0 saturated carbocycles. The Morgan fingerprint density at radius 2 is 1.77 bits per heavy atom. The zero-order chi connectivity index (χ0) is 16.3. The largest absolute Gasteiger partial charge is 0.379 e. The summed E-state index contributed by atoms with van der Waals surface area (Å²) in [6.45, 7) is 1.51. The van der Waals surface area contributed by atoms with Gasteiger partial charge in [-0.2, -0.15) is 8.42 Å². The molecular weight excluding hydrogens is 310 g/mol. The Bertz CT molecular complexity index is 827. The van der Waals surface area contributed by atoms with Crippen LogP contribution in [0.1, 0.15) is 15.9 Å². The molecule has 0 aliphatic rings. The molecule has 0 atom stereocenters. The number of nitro groups is 1. The highest BCUT2D eigenvalue weighted by molar-refractivity contribution is 7.87. The molecule has 0 aliphatic heterocycles. The van der Waals surface area contributed by atoms with Crippen LogP contribution in [0.2, 0.25) is 0 Å². The van der Waals surface area contributed by atoms with Gasteiger partial charge in [-0.1, -0.05) is 6.07 Å². The second-order valence-corrected chi connectivity index (χ2v) is 5.98. The summed E-state index contributed by atoms with van der Waals surface area (Å²) in [5.74, 6) is 0.00817. The van der Waals surface area contributed by atoms with Gasteiger partial charge in [-0.15, -0.1) is 0 Å². The van der Waals surface area contributed by atoms with Crippen LogP contribution in [0.25, 0.3) is 0 Å². The molecule has 0 fully saturated rings. The van der Waals surface area contributed by atoms with E-state index in [2.05, 4.69) is 0 Å². The fourth-order valence-corrected chi connectivity index (χ4v) is 2.67. The van der Waals surface area contributed by atoms with Gasteiger partial charge in [0.15, 0.2) is 0 Å². The number of aldehydes is 1. The van der Waals surface area contributed by atoms with Crippen molar-refractivity contribution in [3.05, 3.63) is 63.7 Å². The molecule has 0 bridgehead atoms. The lowest BCUT2D eigenvalue weighted by molar-refractivity contribution is -0.385. The summed E-state index contributed by atoms with van der Waals surface area (Å²) in [7, 11) is -4.20. The molecule has 7 nitrogen and oxygen atoms in total. The van der Waals surface area contributed by atoms with Crippen LogP contribution in [-0.4, -0.2) is 19.6 Å². The van der Waals surface area contributed by atoms with Crippen molar-refractivity contribution in [2.75, 3.05) is 0 Å². The second kappa shape index (κ2) is 5.94. The van der Waals surface area contributed by atoms with E-state index in [-0.39, 0.29) is 16.3 Å². The van der Waals surface area contributed by atoms with Crippen LogP contribution in [0, 0.1) is 17.0 Å². The van der Waals surface area contributed by atoms with Gasteiger partial charge in [-0.05, 0) is 37.3 Å². The number of nitro benzene ring substituents is 1. The average molecular weight is 321 g/mol. The Kier molecular flexibility index (Phi) is 4.22. The zero-order valence-corrected chi connectivity index (χ0v) is 12.2. The number of carbonyl (C=O) groups excluding carboxylic acids is 1. The van der Waals surface area contributed by atoms with Crippen LogP contribution in [0.15, 0.2) is 47.4 Å². The van der Waals surface area contributed by atoms with E-state index in [9.17, 15) is 23.3 Å². The average Bonchev–Trinajstić information content (AvgIpc) is 2.47. The molecule has 0 heterocycles. The van der Waals surface area contributed by atoms with E-state index in [4.69, 9.17) is 4.18 Å².